The molecule has 0 aliphatic heterocycles. The summed E-state index contributed by atoms with van der Waals surface area (Å²) < 4.78 is 0. The number of nitrogens with one attached hydrogen (secondary N) is 2. The van der Waals surface area contributed by atoms with E-state index in [-0.39, 0.29) is 23.3 Å². The Kier molecular flexibility index (Phi) is 7.81. The first-order valence-corrected chi connectivity index (χ1v) is 7.97. The SMILES string of the molecule is C/C(C(=O)CCC(=O)O)=C(O)\C(=C\C(=N)c1ccccc1)C(=N)N(C)C=O. The second kappa shape index (κ2) is 9.81. The number of amides is 1. The van der Waals surface area contributed by atoms with Gasteiger partial charge in [-0.25, -0.2) is 0 Å². The van der Waals surface area contributed by atoms with Crippen LogP contribution in [0.3, 0.4) is 0 Å². The lowest BCUT2D eigenvalue weighted by atomic mass is 9.99. The molecule has 0 aromatic heterocycles. The van der Waals surface area contributed by atoms with Gasteiger partial charge >= 0.3 is 5.97 Å². The van der Waals surface area contributed by atoms with Crippen LogP contribution in [0.5, 0.6) is 0 Å². The number of amidine groups is 1. The summed E-state index contributed by atoms with van der Waals surface area (Å²) in [4.78, 5) is 34.6. The van der Waals surface area contributed by atoms with Gasteiger partial charge in [0, 0.05) is 19.0 Å². The third-order valence-corrected chi connectivity index (χ3v) is 3.73. The van der Waals surface area contributed by atoms with Crippen molar-refractivity contribution in [3.8, 4) is 0 Å². The average molecular weight is 371 g/mol. The molecule has 0 saturated heterocycles. The van der Waals surface area contributed by atoms with Crippen molar-refractivity contribution < 1.29 is 24.6 Å². The quantitative estimate of drug-likeness (QED) is 0.132. The number of aliphatic carboxylic acids is 1. The summed E-state index contributed by atoms with van der Waals surface area (Å²) in [5.41, 5.74) is 0.137. The summed E-state index contributed by atoms with van der Waals surface area (Å²) >= 11 is 0. The van der Waals surface area contributed by atoms with E-state index in [0.717, 1.165) is 4.90 Å². The van der Waals surface area contributed by atoms with E-state index in [1.807, 2.05) is 0 Å². The van der Waals surface area contributed by atoms with Gasteiger partial charge < -0.3 is 20.5 Å². The first-order valence-electron chi connectivity index (χ1n) is 7.97. The Labute approximate surface area is 156 Å². The van der Waals surface area contributed by atoms with Crippen LogP contribution >= 0.6 is 0 Å². The molecule has 1 rings (SSSR count). The predicted molar refractivity (Wildman–Crippen MR) is 100 cm³/mol. The number of benzene rings is 1. The zero-order valence-electron chi connectivity index (χ0n) is 15.0. The highest BCUT2D eigenvalue weighted by Crippen LogP contribution is 2.18. The van der Waals surface area contributed by atoms with E-state index >= 15 is 0 Å². The predicted octanol–water partition coefficient (Wildman–Crippen LogP) is 2.31. The third kappa shape index (κ3) is 6.03. The minimum atomic E-state index is -1.15. The lowest BCUT2D eigenvalue weighted by molar-refractivity contribution is -0.138. The van der Waals surface area contributed by atoms with Crippen molar-refractivity contribution in [2.45, 2.75) is 19.8 Å². The number of carboxylic acids is 1. The molecular weight excluding hydrogens is 350 g/mol. The van der Waals surface area contributed by atoms with Gasteiger partial charge in [0.05, 0.1) is 17.7 Å². The highest BCUT2D eigenvalue weighted by Gasteiger charge is 2.21. The molecule has 8 nitrogen and oxygen atoms in total. The Bertz CT molecular complexity index is 825. The van der Waals surface area contributed by atoms with Gasteiger partial charge in [-0.2, -0.15) is 0 Å². The molecule has 4 N–H and O–H groups in total. The molecule has 0 heterocycles. The lowest BCUT2D eigenvalue weighted by Gasteiger charge is -2.17. The van der Waals surface area contributed by atoms with Crippen molar-refractivity contribution in [2.75, 3.05) is 7.05 Å². The van der Waals surface area contributed by atoms with Crippen LogP contribution in [0.1, 0.15) is 25.3 Å². The fraction of sp³-hybridized carbons (Fsp3) is 0.211. The number of allylic oxidation sites excluding steroid dienone is 2. The van der Waals surface area contributed by atoms with Gasteiger partial charge in [0.25, 0.3) is 0 Å². The molecule has 0 aliphatic rings. The number of likely N-dealkylation sites (N-methyl/N-ethyl adjacent to an activating group) is 1. The molecule has 0 unspecified atom stereocenters. The fourth-order valence-corrected chi connectivity index (χ4v) is 2.08. The van der Waals surface area contributed by atoms with Gasteiger partial charge in [-0.15, -0.1) is 0 Å². The molecule has 27 heavy (non-hydrogen) atoms. The van der Waals surface area contributed by atoms with Crippen LogP contribution in [0.4, 0.5) is 0 Å². The van der Waals surface area contributed by atoms with Crippen LogP contribution < -0.4 is 0 Å². The lowest BCUT2D eigenvalue weighted by Crippen LogP contribution is -2.28. The van der Waals surface area contributed by atoms with E-state index in [9.17, 15) is 19.5 Å². The summed E-state index contributed by atoms with van der Waals surface area (Å²) in [5, 5.41) is 35.4. The van der Waals surface area contributed by atoms with Crippen molar-refractivity contribution >= 4 is 29.7 Å². The number of carbonyl (C=O) groups is 3. The summed E-state index contributed by atoms with van der Waals surface area (Å²) in [6, 6.07) is 8.53. The van der Waals surface area contributed by atoms with E-state index in [1.54, 1.807) is 30.3 Å². The van der Waals surface area contributed by atoms with Gasteiger partial charge in [0.2, 0.25) is 6.41 Å². The Morgan fingerprint density at radius 1 is 1.11 bits per heavy atom. The Morgan fingerprint density at radius 3 is 2.22 bits per heavy atom. The van der Waals surface area contributed by atoms with Crippen molar-refractivity contribution in [2.24, 2.45) is 0 Å². The Hall–Kier alpha value is -3.55. The summed E-state index contributed by atoms with van der Waals surface area (Å²) in [5.74, 6) is -2.74. The molecule has 0 bridgehead atoms. The van der Waals surface area contributed by atoms with Crippen molar-refractivity contribution in [3.63, 3.8) is 0 Å². The van der Waals surface area contributed by atoms with Crippen molar-refractivity contribution in [1.82, 2.24) is 4.90 Å². The summed E-state index contributed by atoms with van der Waals surface area (Å²) in [7, 11) is 1.30. The van der Waals surface area contributed by atoms with Crippen LogP contribution in [-0.4, -0.2) is 51.9 Å². The maximum Gasteiger partial charge on any atom is 0.303 e. The monoisotopic (exact) mass is 371 g/mol. The third-order valence-electron chi connectivity index (χ3n) is 3.73. The largest absolute Gasteiger partial charge is 0.507 e. The van der Waals surface area contributed by atoms with Crippen LogP contribution in [0, 0.1) is 10.8 Å². The van der Waals surface area contributed by atoms with Gasteiger partial charge in [-0.05, 0) is 18.6 Å². The number of ketones is 1. The Morgan fingerprint density at radius 2 is 1.70 bits per heavy atom. The molecule has 8 heteroatoms. The molecule has 0 saturated carbocycles. The number of aliphatic hydroxyl groups is 1. The minimum Gasteiger partial charge on any atom is -0.507 e. The van der Waals surface area contributed by atoms with Gasteiger partial charge in [-0.3, -0.25) is 19.8 Å². The standard InChI is InChI=1S/C19H21N3O5/c1-12(16(24)8-9-17(25)26)18(27)14(19(21)22(2)11-23)10-15(20)13-6-4-3-5-7-13/h3-7,10-11,20-21,27H,8-9H2,1-2H3,(H,25,26)/b14-10-,18-12-,20-15?,21-19?. The number of hydrogen-bond acceptors (Lipinski definition) is 6. The Balaban J connectivity index is 3.34. The molecular formula is C19H21N3O5. The maximum atomic E-state index is 12.1. The molecule has 142 valence electrons. The highest BCUT2D eigenvalue weighted by atomic mass is 16.4. The van der Waals surface area contributed by atoms with Crippen LogP contribution in [-0.2, 0) is 14.4 Å². The van der Waals surface area contributed by atoms with E-state index in [4.69, 9.17) is 15.9 Å². The van der Waals surface area contributed by atoms with E-state index in [2.05, 4.69) is 0 Å². The highest BCUT2D eigenvalue weighted by molar-refractivity contribution is 6.15. The minimum absolute atomic E-state index is 0.0352. The number of Topliss-reactive ketones (excluding diaryl/α,β-unsaturated/α-hetero) is 1. The second-order valence-corrected chi connectivity index (χ2v) is 5.69. The fourth-order valence-electron chi connectivity index (χ4n) is 2.08. The van der Waals surface area contributed by atoms with Gasteiger partial charge in [0.15, 0.2) is 5.78 Å². The number of rotatable bonds is 9. The van der Waals surface area contributed by atoms with Crippen molar-refractivity contribution in [3.05, 3.63) is 58.9 Å². The average Bonchev–Trinajstić information content (AvgIpc) is 2.68. The van der Waals surface area contributed by atoms with Gasteiger partial charge in [-0.1, -0.05) is 30.3 Å². The molecule has 0 fully saturated rings. The molecule has 0 atom stereocenters. The molecule has 1 aromatic rings. The number of hydrogen-bond donors (Lipinski definition) is 4. The van der Waals surface area contributed by atoms with Crippen molar-refractivity contribution in [1.29, 1.82) is 10.8 Å². The first-order chi connectivity index (χ1) is 12.7. The topological polar surface area (TPSA) is 143 Å². The molecule has 0 spiro atoms. The smallest absolute Gasteiger partial charge is 0.303 e. The number of nitrogens with zero attached hydrogens (tertiary/aromatic N) is 1. The molecule has 1 amide bonds. The summed E-state index contributed by atoms with van der Waals surface area (Å²) in [6.45, 7) is 1.30. The van der Waals surface area contributed by atoms with E-state index < -0.39 is 29.8 Å². The van der Waals surface area contributed by atoms with Gasteiger partial charge in [0.1, 0.15) is 11.6 Å². The zero-order valence-corrected chi connectivity index (χ0v) is 15.0. The second-order valence-electron chi connectivity index (χ2n) is 5.69. The number of carbonyl (C=O) groups excluding carboxylic acids is 2. The molecule has 0 radical (unpaired) electrons. The first kappa shape index (κ1) is 21.5. The van der Waals surface area contributed by atoms with Crippen LogP contribution in [0.15, 0.2) is 53.3 Å². The normalized spacial score (nSPS) is 12.0. The number of aliphatic hydroxyl groups excluding tert-OH is 1. The van der Waals surface area contributed by atoms with E-state index in [1.165, 1.54) is 20.0 Å². The van der Waals surface area contributed by atoms with Crippen LogP contribution in [0.25, 0.3) is 0 Å². The van der Waals surface area contributed by atoms with Crippen LogP contribution in [0.2, 0.25) is 0 Å². The molecule has 0 aliphatic carbocycles. The maximum absolute atomic E-state index is 12.1. The molecule has 1 aromatic carbocycles. The summed E-state index contributed by atoms with van der Waals surface area (Å²) in [6.07, 6.45) is 0.831. The zero-order chi connectivity index (χ0) is 20.6. The van der Waals surface area contributed by atoms with E-state index in [0.29, 0.717) is 12.0 Å². The number of carboxylic acid groups (broad SMARTS) is 1.